The summed E-state index contributed by atoms with van der Waals surface area (Å²) in [7, 11) is 0. The lowest BCUT2D eigenvalue weighted by molar-refractivity contribution is 0.0682. The van der Waals surface area contributed by atoms with Crippen molar-refractivity contribution in [2.45, 2.75) is 110 Å². The Morgan fingerprint density at radius 3 is 1.77 bits per heavy atom. The quantitative estimate of drug-likeness (QED) is 0.120. The van der Waals surface area contributed by atoms with Gasteiger partial charge in [0.1, 0.15) is 6.61 Å². The molecule has 0 heterocycles. The van der Waals surface area contributed by atoms with Crippen LogP contribution in [0.3, 0.4) is 0 Å². The molecule has 2 rings (SSSR count). The van der Waals surface area contributed by atoms with E-state index in [9.17, 15) is 19.8 Å². The minimum atomic E-state index is -1.11. The molecule has 218 valence electrons. The standard InChI is InChI=1S/C35H48O5/c1-2-3-4-5-6-7-8-9-10-11-12-13-14-15-16-19-26-40-27-20-22-29-21-17-18-23-31(29)33-28-30(34(36)37)24-25-32(33)35(38)39/h17-18,21,23-25,28H,2-16,19,26-27H2,1H3,(H,36,37)(H,38,39). The molecule has 0 unspecified atom stereocenters. The van der Waals surface area contributed by atoms with Crippen LogP contribution in [-0.4, -0.2) is 35.4 Å². The number of hydrogen-bond acceptors (Lipinski definition) is 3. The van der Waals surface area contributed by atoms with Crippen molar-refractivity contribution in [3.05, 3.63) is 59.2 Å². The number of hydrogen-bond donors (Lipinski definition) is 2. The molecule has 0 bridgehead atoms. The summed E-state index contributed by atoms with van der Waals surface area (Å²) in [6.45, 7) is 3.25. The van der Waals surface area contributed by atoms with E-state index in [0.717, 1.165) is 6.42 Å². The molecule has 2 aromatic carbocycles. The smallest absolute Gasteiger partial charge is 0.336 e. The second-order valence-corrected chi connectivity index (χ2v) is 10.6. The van der Waals surface area contributed by atoms with Crippen LogP contribution in [0.2, 0.25) is 0 Å². The largest absolute Gasteiger partial charge is 0.478 e. The Balaban J connectivity index is 1.60. The number of aromatic carboxylic acids is 2. The zero-order valence-corrected chi connectivity index (χ0v) is 24.4. The maximum absolute atomic E-state index is 11.7. The van der Waals surface area contributed by atoms with E-state index in [4.69, 9.17) is 4.74 Å². The van der Waals surface area contributed by atoms with Gasteiger partial charge in [-0.1, -0.05) is 133 Å². The Hall–Kier alpha value is -3.10. The van der Waals surface area contributed by atoms with E-state index in [1.165, 1.54) is 115 Å². The molecule has 0 atom stereocenters. The van der Waals surface area contributed by atoms with Gasteiger partial charge in [0.05, 0.1) is 11.1 Å². The van der Waals surface area contributed by atoms with Gasteiger partial charge in [0, 0.05) is 12.2 Å². The third-order valence-corrected chi connectivity index (χ3v) is 7.25. The minimum absolute atomic E-state index is 0.0323. The van der Waals surface area contributed by atoms with Crippen LogP contribution in [0.15, 0.2) is 42.5 Å². The topological polar surface area (TPSA) is 83.8 Å². The number of benzene rings is 2. The van der Waals surface area contributed by atoms with Crippen LogP contribution < -0.4 is 0 Å². The lowest BCUT2D eigenvalue weighted by Gasteiger charge is -2.10. The van der Waals surface area contributed by atoms with Gasteiger partial charge >= 0.3 is 11.9 Å². The molecule has 0 saturated heterocycles. The normalized spacial score (nSPS) is 10.7. The number of ether oxygens (including phenoxy) is 1. The fourth-order valence-electron chi connectivity index (χ4n) is 4.92. The molecule has 0 fully saturated rings. The number of carbonyl (C=O) groups is 2. The maximum Gasteiger partial charge on any atom is 0.336 e. The summed E-state index contributed by atoms with van der Waals surface area (Å²) >= 11 is 0. The molecule has 2 N–H and O–H groups in total. The second kappa shape index (κ2) is 20.8. The first kappa shape index (κ1) is 33.1. The molecular weight excluding hydrogens is 500 g/mol. The van der Waals surface area contributed by atoms with Crippen molar-refractivity contribution in [2.24, 2.45) is 0 Å². The molecular formula is C35H48O5. The number of unbranched alkanes of at least 4 members (excludes halogenated alkanes) is 15. The van der Waals surface area contributed by atoms with Crippen molar-refractivity contribution >= 4 is 11.9 Å². The zero-order valence-electron chi connectivity index (χ0n) is 24.4. The fraction of sp³-hybridized carbons (Fsp3) is 0.543. The highest BCUT2D eigenvalue weighted by molar-refractivity contribution is 5.99. The third kappa shape index (κ3) is 13.3. The molecule has 0 saturated carbocycles. The second-order valence-electron chi connectivity index (χ2n) is 10.6. The predicted octanol–water partition coefficient (Wildman–Crippen LogP) is 9.38. The molecule has 0 aliphatic carbocycles. The van der Waals surface area contributed by atoms with Gasteiger partial charge in [0.15, 0.2) is 0 Å². The van der Waals surface area contributed by atoms with Gasteiger partial charge in [-0.2, -0.15) is 0 Å². The van der Waals surface area contributed by atoms with E-state index in [1.807, 2.05) is 6.07 Å². The Kier molecular flexibility index (Phi) is 17.2. The Morgan fingerprint density at radius 2 is 1.23 bits per heavy atom. The van der Waals surface area contributed by atoms with E-state index < -0.39 is 11.9 Å². The first-order chi connectivity index (χ1) is 19.5. The highest BCUT2D eigenvalue weighted by Gasteiger charge is 2.16. The molecule has 0 aliphatic rings. The highest BCUT2D eigenvalue weighted by atomic mass is 16.5. The van der Waals surface area contributed by atoms with Crippen LogP contribution in [0.1, 0.15) is 136 Å². The van der Waals surface area contributed by atoms with Crippen LogP contribution in [0, 0.1) is 11.8 Å². The Morgan fingerprint density at radius 1 is 0.675 bits per heavy atom. The lowest BCUT2D eigenvalue weighted by Crippen LogP contribution is -2.04. The van der Waals surface area contributed by atoms with E-state index in [0.29, 0.717) is 29.9 Å². The summed E-state index contributed by atoms with van der Waals surface area (Å²) in [6.07, 6.45) is 21.4. The van der Waals surface area contributed by atoms with E-state index in [1.54, 1.807) is 18.2 Å². The maximum atomic E-state index is 11.7. The average Bonchev–Trinajstić information content (AvgIpc) is 2.96. The van der Waals surface area contributed by atoms with Gasteiger partial charge in [-0.05, 0) is 41.8 Å². The van der Waals surface area contributed by atoms with Crippen molar-refractivity contribution in [3.63, 3.8) is 0 Å². The predicted molar refractivity (Wildman–Crippen MR) is 163 cm³/mol. The van der Waals surface area contributed by atoms with Crippen LogP contribution in [0.5, 0.6) is 0 Å². The number of carboxylic acid groups (broad SMARTS) is 2. The van der Waals surface area contributed by atoms with Crippen molar-refractivity contribution < 1.29 is 24.5 Å². The van der Waals surface area contributed by atoms with E-state index >= 15 is 0 Å². The van der Waals surface area contributed by atoms with Gasteiger partial charge in [-0.3, -0.25) is 0 Å². The number of rotatable bonds is 21. The van der Waals surface area contributed by atoms with Crippen molar-refractivity contribution in [2.75, 3.05) is 13.2 Å². The van der Waals surface area contributed by atoms with Crippen LogP contribution in [-0.2, 0) is 4.74 Å². The van der Waals surface area contributed by atoms with Crippen LogP contribution in [0.4, 0.5) is 0 Å². The summed E-state index contributed by atoms with van der Waals surface area (Å²) in [4.78, 5) is 23.2. The van der Waals surface area contributed by atoms with Gasteiger partial charge in [-0.15, -0.1) is 0 Å². The molecule has 5 heteroatoms. The molecule has 5 nitrogen and oxygen atoms in total. The van der Waals surface area contributed by atoms with E-state index in [2.05, 4.69) is 18.8 Å². The van der Waals surface area contributed by atoms with Gasteiger partial charge in [0.25, 0.3) is 0 Å². The molecule has 0 aromatic heterocycles. The van der Waals surface area contributed by atoms with E-state index in [-0.39, 0.29) is 11.1 Å². The van der Waals surface area contributed by atoms with Gasteiger partial charge in [-0.25, -0.2) is 9.59 Å². The summed E-state index contributed by atoms with van der Waals surface area (Å²) in [5, 5.41) is 18.9. The molecule has 2 aromatic rings. The average molecular weight is 549 g/mol. The number of carboxylic acids is 2. The van der Waals surface area contributed by atoms with Gasteiger partial charge < -0.3 is 14.9 Å². The summed E-state index contributed by atoms with van der Waals surface area (Å²) in [6, 6.07) is 11.2. The molecule has 0 amide bonds. The molecule has 0 radical (unpaired) electrons. The molecule has 40 heavy (non-hydrogen) atoms. The van der Waals surface area contributed by atoms with Crippen LogP contribution in [0.25, 0.3) is 11.1 Å². The summed E-state index contributed by atoms with van der Waals surface area (Å²) in [5.74, 6) is 3.86. The Bertz CT molecular complexity index is 1080. The Labute approximate surface area is 241 Å². The van der Waals surface area contributed by atoms with Gasteiger partial charge in [0.2, 0.25) is 0 Å². The molecule has 0 spiro atoms. The summed E-state index contributed by atoms with van der Waals surface area (Å²) in [5.41, 5.74) is 1.64. The molecule has 0 aliphatic heterocycles. The van der Waals surface area contributed by atoms with Crippen molar-refractivity contribution in [3.8, 4) is 23.0 Å². The van der Waals surface area contributed by atoms with Crippen molar-refractivity contribution in [1.29, 1.82) is 0 Å². The lowest BCUT2D eigenvalue weighted by atomic mass is 9.93. The van der Waals surface area contributed by atoms with Crippen LogP contribution >= 0.6 is 0 Å². The SMILES string of the molecule is CCCCCCCCCCCCCCCCCCOCC#Cc1ccccc1-c1cc(C(=O)O)ccc1C(=O)O. The zero-order chi connectivity index (χ0) is 28.8. The third-order valence-electron chi connectivity index (χ3n) is 7.25. The highest BCUT2D eigenvalue weighted by Crippen LogP contribution is 2.28. The monoisotopic (exact) mass is 548 g/mol. The fourth-order valence-corrected chi connectivity index (χ4v) is 4.92. The van der Waals surface area contributed by atoms with Crippen molar-refractivity contribution in [1.82, 2.24) is 0 Å². The first-order valence-corrected chi connectivity index (χ1v) is 15.3. The minimum Gasteiger partial charge on any atom is -0.478 e. The summed E-state index contributed by atoms with van der Waals surface area (Å²) < 4.78 is 5.69. The first-order valence-electron chi connectivity index (χ1n) is 15.3.